The van der Waals surface area contributed by atoms with Gasteiger partial charge in [-0.15, -0.1) is 11.8 Å². The number of thioether (sulfide) groups is 1. The molecule has 31 heavy (non-hydrogen) atoms. The predicted octanol–water partition coefficient (Wildman–Crippen LogP) is 6.21. The molecular weight excluding hydrogens is 475 g/mol. The Morgan fingerprint density at radius 3 is 2.26 bits per heavy atom. The zero-order valence-electron chi connectivity index (χ0n) is 18.0. The summed E-state index contributed by atoms with van der Waals surface area (Å²) in [7, 11) is 0. The minimum absolute atomic E-state index is 0.147. The van der Waals surface area contributed by atoms with Gasteiger partial charge in [-0.05, 0) is 57.5 Å². The Kier molecular flexibility index (Phi) is 9.56. The molecule has 8 heteroatoms. The molecule has 4 nitrogen and oxygen atoms in total. The highest BCUT2D eigenvalue weighted by Gasteiger charge is 2.29. The highest BCUT2D eigenvalue weighted by atomic mass is 35.5. The Labute approximate surface area is 203 Å². The van der Waals surface area contributed by atoms with Crippen LogP contribution in [0.3, 0.4) is 0 Å². The molecule has 0 radical (unpaired) electrons. The molecule has 0 saturated carbocycles. The fourth-order valence-corrected chi connectivity index (χ4v) is 4.46. The largest absolute Gasteiger partial charge is 0.350 e. The van der Waals surface area contributed by atoms with E-state index in [1.165, 1.54) is 16.7 Å². The molecule has 0 heterocycles. The third-order valence-electron chi connectivity index (χ3n) is 4.44. The van der Waals surface area contributed by atoms with Crippen molar-refractivity contribution in [2.75, 3.05) is 5.75 Å². The van der Waals surface area contributed by atoms with E-state index in [-0.39, 0.29) is 24.1 Å². The minimum atomic E-state index is -0.689. The first-order valence-electron chi connectivity index (χ1n) is 9.84. The molecule has 2 rings (SSSR count). The van der Waals surface area contributed by atoms with Crippen LogP contribution in [-0.4, -0.2) is 34.0 Å². The van der Waals surface area contributed by atoms with Crippen LogP contribution in [0.5, 0.6) is 0 Å². The summed E-state index contributed by atoms with van der Waals surface area (Å²) in [6.45, 7) is 7.56. The van der Waals surface area contributed by atoms with Crippen LogP contribution in [0.2, 0.25) is 15.1 Å². The van der Waals surface area contributed by atoms with E-state index < -0.39 is 11.6 Å². The molecule has 0 aromatic heterocycles. The molecule has 1 N–H and O–H groups in total. The van der Waals surface area contributed by atoms with Crippen molar-refractivity contribution in [1.29, 1.82) is 0 Å². The number of nitrogens with zero attached hydrogens (tertiary/aromatic N) is 1. The smallest absolute Gasteiger partial charge is 0.242 e. The average Bonchev–Trinajstić information content (AvgIpc) is 2.66. The first-order valence-corrected chi connectivity index (χ1v) is 12.1. The average molecular weight is 502 g/mol. The summed E-state index contributed by atoms with van der Waals surface area (Å²) in [5.74, 6) is 0.445. The van der Waals surface area contributed by atoms with Crippen molar-refractivity contribution in [3.63, 3.8) is 0 Å². The van der Waals surface area contributed by atoms with Crippen LogP contribution < -0.4 is 5.32 Å². The van der Waals surface area contributed by atoms with Gasteiger partial charge in [0.2, 0.25) is 11.8 Å². The molecule has 0 saturated heterocycles. The number of rotatable bonds is 8. The fraction of sp³-hybridized carbons (Fsp3) is 0.391. The molecule has 0 spiro atoms. The third-order valence-corrected chi connectivity index (χ3v) is 6.37. The van der Waals surface area contributed by atoms with Crippen molar-refractivity contribution in [2.45, 2.75) is 51.6 Å². The molecule has 2 aromatic rings. The van der Waals surface area contributed by atoms with E-state index in [9.17, 15) is 9.59 Å². The van der Waals surface area contributed by atoms with E-state index in [4.69, 9.17) is 34.8 Å². The van der Waals surface area contributed by atoms with Gasteiger partial charge in [0.15, 0.2) is 0 Å². The fourth-order valence-electron chi connectivity index (χ4n) is 2.88. The number of amides is 2. The molecular formula is C23H27Cl3N2O2S. The number of benzene rings is 2. The summed E-state index contributed by atoms with van der Waals surface area (Å²) in [5, 5.41) is 4.51. The molecule has 0 aliphatic rings. The molecule has 0 bridgehead atoms. The van der Waals surface area contributed by atoms with Crippen molar-refractivity contribution in [3.8, 4) is 0 Å². The Hall–Kier alpha value is -1.40. The van der Waals surface area contributed by atoms with Gasteiger partial charge in [-0.1, -0.05) is 53.0 Å². The SMILES string of the molecule is C[C@@H](C(=O)NC(C)(C)C)N(Cc1c(Cl)cccc1Cl)C(=O)CSCc1cccc(Cl)c1. The van der Waals surface area contributed by atoms with Crippen LogP contribution in [0, 0.1) is 0 Å². The number of carbonyl (C=O) groups is 2. The van der Waals surface area contributed by atoms with Gasteiger partial charge in [0.25, 0.3) is 0 Å². The third kappa shape index (κ3) is 8.23. The van der Waals surface area contributed by atoms with Crippen LogP contribution in [-0.2, 0) is 21.9 Å². The van der Waals surface area contributed by atoms with Crippen LogP contribution >= 0.6 is 46.6 Å². The number of nitrogens with one attached hydrogen (secondary N) is 1. The van der Waals surface area contributed by atoms with Gasteiger partial charge in [0.05, 0.1) is 5.75 Å². The number of carbonyl (C=O) groups excluding carboxylic acids is 2. The minimum Gasteiger partial charge on any atom is -0.350 e. The lowest BCUT2D eigenvalue weighted by molar-refractivity contribution is -0.139. The monoisotopic (exact) mass is 500 g/mol. The van der Waals surface area contributed by atoms with E-state index in [1.54, 1.807) is 25.1 Å². The number of halogens is 3. The summed E-state index contributed by atoms with van der Waals surface area (Å²) in [6, 6.07) is 12.0. The quantitative estimate of drug-likeness (QED) is 0.468. The molecule has 2 aromatic carbocycles. The first kappa shape index (κ1) is 25.9. The molecule has 0 fully saturated rings. The second-order valence-corrected chi connectivity index (χ2v) is 10.5. The van der Waals surface area contributed by atoms with Gasteiger partial charge in [0.1, 0.15) is 6.04 Å². The van der Waals surface area contributed by atoms with Crippen molar-refractivity contribution in [3.05, 3.63) is 68.7 Å². The highest BCUT2D eigenvalue weighted by molar-refractivity contribution is 7.99. The molecule has 2 amide bonds. The summed E-state index contributed by atoms with van der Waals surface area (Å²) >= 11 is 20.2. The van der Waals surface area contributed by atoms with Crippen LogP contribution in [0.25, 0.3) is 0 Å². The Morgan fingerprint density at radius 2 is 1.68 bits per heavy atom. The maximum absolute atomic E-state index is 13.2. The van der Waals surface area contributed by atoms with Gasteiger partial charge >= 0.3 is 0 Å². The lowest BCUT2D eigenvalue weighted by Crippen LogP contribution is -2.52. The van der Waals surface area contributed by atoms with Crippen molar-refractivity contribution in [1.82, 2.24) is 10.2 Å². The summed E-state index contributed by atoms with van der Waals surface area (Å²) in [5.41, 5.74) is 1.24. The van der Waals surface area contributed by atoms with Crippen molar-refractivity contribution in [2.24, 2.45) is 0 Å². The van der Waals surface area contributed by atoms with Gasteiger partial charge < -0.3 is 10.2 Å². The first-order chi connectivity index (χ1) is 14.5. The Balaban J connectivity index is 2.17. The predicted molar refractivity (Wildman–Crippen MR) is 132 cm³/mol. The maximum Gasteiger partial charge on any atom is 0.242 e. The lowest BCUT2D eigenvalue weighted by atomic mass is 10.1. The van der Waals surface area contributed by atoms with Crippen molar-refractivity contribution >= 4 is 58.4 Å². The van der Waals surface area contributed by atoms with Gasteiger partial charge in [-0.25, -0.2) is 0 Å². The molecule has 1 atom stereocenters. The van der Waals surface area contributed by atoms with Gasteiger partial charge in [-0.3, -0.25) is 9.59 Å². The summed E-state index contributed by atoms with van der Waals surface area (Å²) in [6.07, 6.45) is 0. The van der Waals surface area contributed by atoms with E-state index in [0.717, 1.165) is 5.56 Å². The van der Waals surface area contributed by atoms with Crippen LogP contribution in [0.15, 0.2) is 42.5 Å². The van der Waals surface area contributed by atoms with Crippen LogP contribution in [0.4, 0.5) is 0 Å². The Bertz CT molecular complexity index is 911. The van der Waals surface area contributed by atoms with Crippen molar-refractivity contribution < 1.29 is 9.59 Å². The van der Waals surface area contributed by atoms with E-state index in [1.807, 2.05) is 45.0 Å². The standard InChI is InChI=1S/C23H27Cl3N2O2S/c1-15(22(30)27-23(2,3)4)28(12-18-19(25)9-6-10-20(18)26)21(29)14-31-13-16-7-5-8-17(24)11-16/h5-11,15H,12-14H2,1-4H3,(H,27,30)/t15-/m0/s1. The zero-order chi connectivity index (χ0) is 23.2. The summed E-state index contributed by atoms with van der Waals surface area (Å²) < 4.78 is 0. The molecule has 168 valence electrons. The molecule has 0 aliphatic carbocycles. The van der Waals surface area contributed by atoms with E-state index in [2.05, 4.69) is 5.32 Å². The van der Waals surface area contributed by atoms with E-state index >= 15 is 0 Å². The van der Waals surface area contributed by atoms with E-state index in [0.29, 0.717) is 26.4 Å². The second kappa shape index (κ2) is 11.5. The number of hydrogen-bond acceptors (Lipinski definition) is 3. The molecule has 0 aliphatic heterocycles. The Morgan fingerprint density at radius 1 is 1.06 bits per heavy atom. The number of hydrogen-bond donors (Lipinski definition) is 1. The topological polar surface area (TPSA) is 49.4 Å². The zero-order valence-corrected chi connectivity index (χ0v) is 21.1. The molecule has 0 unspecified atom stereocenters. The second-order valence-electron chi connectivity index (χ2n) is 8.26. The normalized spacial score (nSPS) is 12.4. The van der Waals surface area contributed by atoms with Gasteiger partial charge in [-0.2, -0.15) is 0 Å². The summed E-state index contributed by atoms with van der Waals surface area (Å²) in [4.78, 5) is 27.5. The lowest BCUT2D eigenvalue weighted by Gasteiger charge is -2.32. The highest BCUT2D eigenvalue weighted by Crippen LogP contribution is 2.27. The van der Waals surface area contributed by atoms with Crippen LogP contribution in [0.1, 0.15) is 38.8 Å². The maximum atomic E-state index is 13.2. The van der Waals surface area contributed by atoms with Gasteiger partial charge in [0, 0.05) is 38.5 Å².